The molecule has 0 spiro atoms. The Morgan fingerprint density at radius 1 is 1.42 bits per heavy atom. The van der Waals surface area contributed by atoms with Gasteiger partial charge in [-0.05, 0) is 6.07 Å². The fraction of sp³-hybridized carbons (Fsp3) is 0.222. The molecule has 1 atom stereocenters. The Morgan fingerprint density at radius 3 is 2.92 bits per heavy atom. The first-order valence-electron chi connectivity index (χ1n) is 3.82. The van der Waals surface area contributed by atoms with Gasteiger partial charge in [0.15, 0.2) is 6.23 Å². The molecule has 0 aliphatic carbocycles. The molecule has 2 rings (SSSR count). The third-order valence-corrected chi connectivity index (χ3v) is 1.98. The maximum Gasteiger partial charge on any atom is 0.175 e. The highest BCUT2D eigenvalue weighted by Gasteiger charge is 2.16. The van der Waals surface area contributed by atoms with E-state index in [2.05, 4.69) is 4.99 Å². The van der Waals surface area contributed by atoms with Crippen molar-refractivity contribution in [2.75, 3.05) is 11.9 Å². The molecule has 0 radical (unpaired) electrons. The van der Waals surface area contributed by atoms with E-state index in [0.717, 1.165) is 11.3 Å². The minimum atomic E-state index is -0.697. The highest BCUT2D eigenvalue weighted by atomic mass is 16.3. The van der Waals surface area contributed by atoms with Crippen LogP contribution in [0.3, 0.4) is 0 Å². The van der Waals surface area contributed by atoms with Crippen molar-refractivity contribution in [1.82, 2.24) is 0 Å². The number of aliphatic hydroxyl groups is 1. The van der Waals surface area contributed by atoms with Crippen LogP contribution in [0.25, 0.3) is 0 Å². The largest absolute Gasteiger partial charge is 0.368 e. The summed E-state index contributed by atoms with van der Waals surface area (Å²) in [7, 11) is 1.91. The molecular weight excluding hydrogens is 152 g/mol. The van der Waals surface area contributed by atoms with Gasteiger partial charge in [-0.3, -0.25) is 0 Å². The van der Waals surface area contributed by atoms with Crippen LogP contribution in [0.5, 0.6) is 0 Å². The number of para-hydroxylation sites is 1. The third-order valence-electron chi connectivity index (χ3n) is 1.98. The number of hydrogen-bond donors (Lipinski definition) is 1. The lowest BCUT2D eigenvalue weighted by Gasteiger charge is -2.23. The summed E-state index contributed by atoms with van der Waals surface area (Å²) >= 11 is 0. The van der Waals surface area contributed by atoms with Gasteiger partial charge in [-0.15, -0.1) is 0 Å². The Kier molecular flexibility index (Phi) is 1.59. The first-order valence-corrected chi connectivity index (χ1v) is 3.82. The Hall–Kier alpha value is -1.35. The zero-order chi connectivity index (χ0) is 8.55. The van der Waals surface area contributed by atoms with Crippen LogP contribution < -0.4 is 4.90 Å². The topological polar surface area (TPSA) is 35.8 Å². The van der Waals surface area contributed by atoms with E-state index in [-0.39, 0.29) is 0 Å². The summed E-state index contributed by atoms with van der Waals surface area (Å²) in [5, 5.41) is 9.45. The molecule has 62 valence electrons. The lowest BCUT2D eigenvalue weighted by Crippen LogP contribution is -2.21. The predicted octanol–water partition coefficient (Wildman–Crippen LogP) is 1.16. The summed E-state index contributed by atoms with van der Waals surface area (Å²) in [4.78, 5) is 5.80. The highest BCUT2D eigenvalue weighted by Crippen LogP contribution is 2.28. The van der Waals surface area contributed by atoms with Crippen LogP contribution in [0.15, 0.2) is 29.3 Å². The van der Waals surface area contributed by atoms with E-state index in [1.165, 1.54) is 0 Å². The first-order chi connectivity index (χ1) is 5.79. The Morgan fingerprint density at radius 2 is 2.17 bits per heavy atom. The van der Waals surface area contributed by atoms with E-state index >= 15 is 0 Å². The van der Waals surface area contributed by atoms with E-state index < -0.39 is 6.23 Å². The minimum Gasteiger partial charge on any atom is -0.368 e. The Bertz CT molecular complexity index is 291. The molecule has 1 aromatic carbocycles. The first kappa shape index (κ1) is 7.31. The molecule has 0 aromatic heterocycles. The van der Waals surface area contributed by atoms with E-state index in [0.29, 0.717) is 0 Å². The van der Waals surface area contributed by atoms with Crippen molar-refractivity contribution in [1.29, 1.82) is 0 Å². The van der Waals surface area contributed by atoms with Gasteiger partial charge in [-0.1, -0.05) is 18.2 Å². The number of aliphatic hydroxyl groups excluding tert-OH is 1. The van der Waals surface area contributed by atoms with Crippen molar-refractivity contribution in [3.63, 3.8) is 0 Å². The van der Waals surface area contributed by atoms with Gasteiger partial charge in [0, 0.05) is 18.3 Å². The van der Waals surface area contributed by atoms with Crippen molar-refractivity contribution in [3.05, 3.63) is 29.8 Å². The number of hydrogen-bond acceptors (Lipinski definition) is 3. The molecule has 3 nitrogen and oxygen atoms in total. The van der Waals surface area contributed by atoms with Gasteiger partial charge in [-0.2, -0.15) is 0 Å². The maximum absolute atomic E-state index is 9.45. The van der Waals surface area contributed by atoms with E-state index in [4.69, 9.17) is 0 Å². The molecule has 0 bridgehead atoms. The fourth-order valence-electron chi connectivity index (χ4n) is 1.33. The molecule has 1 heterocycles. The van der Waals surface area contributed by atoms with Crippen molar-refractivity contribution in [2.24, 2.45) is 4.99 Å². The number of benzene rings is 1. The van der Waals surface area contributed by atoms with E-state index in [9.17, 15) is 5.11 Å². The SMILES string of the molecule is CN1C=N[C@H](O)c2ccccc21. The second-order valence-corrected chi connectivity index (χ2v) is 2.81. The molecular formula is C9H10N2O. The fourth-order valence-corrected chi connectivity index (χ4v) is 1.33. The molecule has 1 aliphatic heterocycles. The second kappa shape index (κ2) is 2.60. The summed E-state index contributed by atoms with van der Waals surface area (Å²) in [6, 6.07) is 7.69. The molecule has 3 heteroatoms. The molecule has 1 aliphatic rings. The summed E-state index contributed by atoms with van der Waals surface area (Å²) in [5.74, 6) is 0. The van der Waals surface area contributed by atoms with Crippen molar-refractivity contribution in [2.45, 2.75) is 6.23 Å². The molecule has 0 saturated heterocycles. The van der Waals surface area contributed by atoms with E-state index in [1.54, 1.807) is 6.34 Å². The van der Waals surface area contributed by atoms with Crippen LogP contribution in [0.4, 0.5) is 5.69 Å². The number of rotatable bonds is 0. The lowest BCUT2D eigenvalue weighted by molar-refractivity contribution is 0.188. The normalized spacial score (nSPS) is 20.8. The zero-order valence-electron chi connectivity index (χ0n) is 6.81. The number of fused-ring (bicyclic) bond motifs is 1. The summed E-state index contributed by atoms with van der Waals surface area (Å²) in [6.07, 6.45) is 0.935. The van der Waals surface area contributed by atoms with Crippen LogP contribution >= 0.6 is 0 Å². The van der Waals surface area contributed by atoms with Gasteiger partial charge in [-0.25, -0.2) is 4.99 Å². The Balaban J connectivity index is 2.54. The molecule has 1 N–H and O–H groups in total. The summed E-state index contributed by atoms with van der Waals surface area (Å²) < 4.78 is 0. The molecule has 0 fully saturated rings. The van der Waals surface area contributed by atoms with Crippen LogP contribution in [0.2, 0.25) is 0 Å². The molecule has 12 heavy (non-hydrogen) atoms. The average molecular weight is 162 g/mol. The third kappa shape index (κ3) is 0.987. The number of anilines is 1. The predicted molar refractivity (Wildman–Crippen MR) is 48.3 cm³/mol. The number of nitrogens with zero attached hydrogens (tertiary/aromatic N) is 2. The van der Waals surface area contributed by atoms with E-state index in [1.807, 2.05) is 36.2 Å². The van der Waals surface area contributed by atoms with Gasteiger partial charge in [0.2, 0.25) is 0 Å². The second-order valence-electron chi connectivity index (χ2n) is 2.81. The maximum atomic E-state index is 9.45. The highest BCUT2D eigenvalue weighted by molar-refractivity contribution is 5.82. The number of aliphatic imine (C=N–C) groups is 1. The van der Waals surface area contributed by atoms with Gasteiger partial charge in [0.05, 0.1) is 6.34 Å². The Labute approximate surface area is 71.0 Å². The lowest BCUT2D eigenvalue weighted by atomic mass is 10.1. The van der Waals surface area contributed by atoms with Crippen LogP contribution in [-0.4, -0.2) is 18.5 Å². The summed E-state index contributed by atoms with van der Waals surface area (Å²) in [5.41, 5.74) is 1.88. The standard InChI is InChI=1S/C9H10N2O/c1-11-6-10-9(12)7-4-2-3-5-8(7)11/h2-6,9,12H,1H3/t9-/m1/s1. The van der Waals surface area contributed by atoms with Crippen LogP contribution in [0.1, 0.15) is 11.8 Å². The van der Waals surface area contributed by atoms with Gasteiger partial charge in [0.25, 0.3) is 0 Å². The van der Waals surface area contributed by atoms with Gasteiger partial charge < -0.3 is 10.0 Å². The van der Waals surface area contributed by atoms with Crippen molar-refractivity contribution in [3.8, 4) is 0 Å². The zero-order valence-corrected chi connectivity index (χ0v) is 6.81. The molecule has 0 amide bonds. The molecule has 1 aromatic rings. The van der Waals surface area contributed by atoms with Crippen molar-refractivity contribution >= 4 is 12.0 Å². The quantitative estimate of drug-likeness (QED) is 0.621. The summed E-state index contributed by atoms with van der Waals surface area (Å²) in [6.45, 7) is 0. The smallest absolute Gasteiger partial charge is 0.175 e. The van der Waals surface area contributed by atoms with Crippen LogP contribution in [0, 0.1) is 0 Å². The average Bonchev–Trinajstić information content (AvgIpc) is 2.12. The van der Waals surface area contributed by atoms with Crippen LogP contribution in [-0.2, 0) is 0 Å². The minimum absolute atomic E-state index is 0.697. The van der Waals surface area contributed by atoms with Gasteiger partial charge in [0.1, 0.15) is 0 Å². The monoisotopic (exact) mass is 162 g/mol. The molecule has 0 unspecified atom stereocenters. The van der Waals surface area contributed by atoms with Crippen molar-refractivity contribution < 1.29 is 5.11 Å². The van der Waals surface area contributed by atoms with Gasteiger partial charge >= 0.3 is 0 Å². The molecule has 0 saturated carbocycles.